The number of aromatic hydroxyl groups is 1. The van der Waals surface area contributed by atoms with Crippen molar-refractivity contribution in [3.8, 4) is 5.75 Å². The topological polar surface area (TPSA) is 125 Å². The number of carboxylic acids is 1. The van der Waals surface area contributed by atoms with E-state index in [1.165, 1.54) is 12.1 Å². The average molecular weight is 355 g/mol. The highest BCUT2D eigenvalue weighted by Crippen LogP contribution is 2.36. The molecule has 1 atom stereocenters. The summed E-state index contributed by atoms with van der Waals surface area (Å²) in [5, 5.41) is 27.1. The van der Waals surface area contributed by atoms with Crippen LogP contribution in [0.4, 0.5) is 4.39 Å². The van der Waals surface area contributed by atoms with Gasteiger partial charge in [0.25, 0.3) is 0 Å². The van der Waals surface area contributed by atoms with Crippen LogP contribution in [-0.2, 0) is 16.4 Å². The first-order valence-corrected chi connectivity index (χ1v) is 8.61. The summed E-state index contributed by atoms with van der Waals surface area (Å²) in [5.74, 6) is -2.89. The Bertz CT molecular complexity index is 880. The van der Waals surface area contributed by atoms with Gasteiger partial charge in [-0.05, 0) is 17.7 Å². The molecule has 0 aliphatic rings. The maximum Gasteiger partial charge on any atom is 0.358 e. The summed E-state index contributed by atoms with van der Waals surface area (Å²) < 4.78 is 37.5. The van der Waals surface area contributed by atoms with E-state index in [4.69, 9.17) is 5.11 Å². The number of aliphatic hydroxyl groups is 1. The molecule has 2 aromatic rings. The quantitative estimate of drug-likeness (QED) is 0.737. The van der Waals surface area contributed by atoms with Gasteiger partial charge < -0.3 is 15.3 Å². The van der Waals surface area contributed by atoms with Crippen LogP contribution in [0, 0.1) is 5.82 Å². The number of pyridine rings is 1. The van der Waals surface area contributed by atoms with E-state index in [0.717, 1.165) is 24.6 Å². The molecular formula is C15H14FNO6S. The van der Waals surface area contributed by atoms with Gasteiger partial charge in [-0.1, -0.05) is 12.1 Å². The molecule has 9 heteroatoms. The Morgan fingerprint density at radius 1 is 1.29 bits per heavy atom. The molecular weight excluding hydrogens is 341 g/mol. The predicted molar refractivity (Wildman–Crippen MR) is 81.9 cm³/mol. The van der Waals surface area contributed by atoms with Gasteiger partial charge in [-0.2, -0.15) is 0 Å². The first-order valence-electron chi connectivity index (χ1n) is 6.66. The Morgan fingerprint density at radius 2 is 1.88 bits per heavy atom. The third-order valence-electron chi connectivity index (χ3n) is 3.44. The summed E-state index contributed by atoms with van der Waals surface area (Å²) in [4.78, 5) is 14.6. The van der Waals surface area contributed by atoms with Gasteiger partial charge in [0.1, 0.15) is 11.1 Å². The monoisotopic (exact) mass is 355 g/mol. The van der Waals surface area contributed by atoms with Crippen LogP contribution < -0.4 is 0 Å². The van der Waals surface area contributed by atoms with Crippen LogP contribution in [-0.4, -0.2) is 40.9 Å². The van der Waals surface area contributed by atoms with E-state index >= 15 is 0 Å². The van der Waals surface area contributed by atoms with E-state index in [-0.39, 0.29) is 16.7 Å². The minimum absolute atomic E-state index is 0.0749. The highest BCUT2D eigenvalue weighted by molar-refractivity contribution is 7.91. The van der Waals surface area contributed by atoms with Crippen LogP contribution in [0.2, 0.25) is 0 Å². The summed E-state index contributed by atoms with van der Waals surface area (Å²) >= 11 is 0. The minimum atomic E-state index is -3.80. The normalized spacial score (nSPS) is 12.8. The molecule has 1 aromatic carbocycles. The number of carboxylic acid groups (broad SMARTS) is 1. The number of hydrogen-bond donors (Lipinski definition) is 3. The lowest BCUT2D eigenvalue weighted by Gasteiger charge is -2.20. The molecule has 3 N–H and O–H groups in total. The predicted octanol–water partition coefficient (Wildman–Crippen LogP) is 1.25. The van der Waals surface area contributed by atoms with Crippen LogP contribution >= 0.6 is 0 Å². The molecule has 128 valence electrons. The van der Waals surface area contributed by atoms with Crippen LogP contribution in [0.3, 0.4) is 0 Å². The van der Waals surface area contributed by atoms with Gasteiger partial charge in [0, 0.05) is 23.6 Å². The largest absolute Gasteiger partial charge is 0.505 e. The zero-order valence-corrected chi connectivity index (χ0v) is 13.3. The van der Waals surface area contributed by atoms with Gasteiger partial charge in [0.05, 0.1) is 6.61 Å². The fourth-order valence-electron chi connectivity index (χ4n) is 2.40. The van der Waals surface area contributed by atoms with Crippen molar-refractivity contribution in [2.45, 2.75) is 11.9 Å². The standard InChI is InChI=1S/C15H14FNO6S/c1-24(22,23)14(8-2-4-9(16)5-3-8)10-6-17-12(15(20)21)13(19)11(10)7-18/h2-6,14,18-19H,7H2,1H3,(H,20,21). The molecule has 0 saturated heterocycles. The van der Waals surface area contributed by atoms with Crippen LogP contribution in [0.15, 0.2) is 30.5 Å². The number of hydrogen-bond acceptors (Lipinski definition) is 6. The van der Waals surface area contributed by atoms with E-state index < -0.39 is 44.9 Å². The lowest BCUT2D eigenvalue weighted by atomic mass is 9.99. The third-order valence-corrected chi connectivity index (χ3v) is 4.82. The number of rotatable bonds is 5. The van der Waals surface area contributed by atoms with Crippen molar-refractivity contribution in [1.29, 1.82) is 0 Å². The van der Waals surface area contributed by atoms with Crippen molar-refractivity contribution in [3.63, 3.8) is 0 Å². The number of benzene rings is 1. The van der Waals surface area contributed by atoms with Gasteiger partial charge in [-0.15, -0.1) is 0 Å². The molecule has 0 amide bonds. The number of aromatic nitrogens is 1. The van der Waals surface area contributed by atoms with Crippen molar-refractivity contribution in [3.05, 3.63) is 58.7 Å². The zero-order chi connectivity index (χ0) is 18.1. The van der Waals surface area contributed by atoms with Gasteiger partial charge in [-0.25, -0.2) is 22.6 Å². The fourth-order valence-corrected chi connectivity index (χ4v) is 3.71. The molecule has 1 aromatic heterocycles. The first kappa shape index (κ1) is 17.8. The van der Waals surface area contributed by atoms with E-state index in [0.29, 0.717) is 0 Å². The van der Waals surface area contributed by atoms with Gasteiger partial charge >= 0.3 is 5.97 Å². The smallest absolute Gasteiger partial charge is 0.358 e. The number of aliphatic hydroxyl groups excluding tert-OH is 1. The molecule has 0 fully saturated rings. The molecule has 0 radical (unpaired) electrons. The van der Waals surface area contributed by atoms with Gasteiger partial charge in [0.15, 0.2) is 21.3 Å². The number of sulfone groups is 1. The van der Waals surface area contributed by atoms with Crippen molar-refractivity contribution >= 4 is 15.8 Å². The molecule has 1 heterocycles. The number of nitrogens with zero attached hydrogens (tertiary/aromatic N) is 1. The Labute approximate surface area is 137 Å². The Balaban J connectivity index is 2.74. The lowest BCUT2D eigenvalue weighted by Crippen LogP contribution is -2.17. The van der Waals surface area contributed by atoms with E-state index in [1.807, 2.05) is 0 Å². The summed E-state index contributed by atoms with van der Waals surface area (Å²) in [6.45, 7) is -0.794. The molecule has 0 aliphatic carbocycles. The maximum atomic E-state index is 13.1. The van der Waals surface area contributed by atoms with Crippen molar-refractivity contribution in [1.82, 2.24) is 4.98 Å². The first-order chi connectivity index (χ1) is 11.2. The molecule has 24 heavy (non-hydrogen) atoms. The average Bonchev–Trinajstić information content (AvgIpc) is 2.48. The Kier molecular flexibility index (Phi) is 4.86. The molecule has 0 bridgehead atoms. The summed E-state index contributed by atoms with van der Waals surface area (Å²) in [6, 6.07) is 4.66. The highest BCUT2D eigenvalue weighted by atomic mass is 32.2. The van der Waals surface area contributed by atoms with Crippen molar-refractivity contribution < 1.29 is 32.9 Å². The summed E-state index contributed by atoms with van der Waals surface area (Å²) in [7, 11) is -3.80. The lowest BCUT2D eigenvalue weighted by molar-refractivity contribution is 0.0686. The van der Waals surface area contributed by atoms with Crippen LogP contribution in [0.5, 0.6) is 5.75 Å². The fraction of sp³-hybridized carbons (Fsp3) is 0.200. The van der Waals surface area contributed by atoms with E-state index in [2.05, 4.69) is 4.98 Å². The molecule has 0 aliphatic heterocycles. The van der Waals surface area contributed by atoms with E-state index in [9.17, 15) is 27.8 Å². The molecule has 0 spiro atoms. The Morgan fingerprint density at radius 3 is 2.33 bits per heavy atom. The second-order valence-electron chi connectivity index (χ2n) is 5.11. The number of halogens is 1. The SMILES string of the molecule is CS(=O)(=O)C(c1ccc(F)cc1)c1cnc(C(=O)O)c(O)c1CO. The molecule has 0 saturated carbocycles. The van der Waals surface area contributed by atoms with Crippen molar-refractivity contribution in [2.75, 3.05) is 6.26 Å². The number of carbonyl (C=O) groups is 1. The molecule has 7 nitrogen and oxygen atoms in total. The van der Waals surface area contributed by atoms with Crippen LogP contribution in [0.1, 0.15) is 32.4 Å². The van der Waals surface area contributed by atoms with Gasteiger partial charge in [-0.3, -0.25) is 0 Å². The van der Waals surface area contributed by atoms with Crippen LogP contribution in [0.25, 0.3) is 0 Å². The second kappa shape index (κ2) is 6.54. The molecule has 2 rings (SSSR count). The Hall–Kier alpha value is -2.52. The number of aromatic carboxylic acids is 1. The summed E-state index contributed by atoms with van der Waals surface area (Å²) in [5.41, 5.74) is -0.844. The zero-order valence-electron chi connectivity index (χ0n) is 12.5. The highest BCUT2D eigenvalue weighted by Gasteiger charge is 2.30. The molecule has 1 unspecified atom stereocenters. The third kappa shape index (κ3) is 3.36. The van der Waals surface area contributed by atoms with Gasteiger partial charge in [0.2, 0.25) is 0 Å². The minimum Gasteiger partial charge on any atom is -0.505 e. The summed E-state index contributed by atoms with van der Waals surface area (Å²) in [6.07, 6.45) is 1.91. The van der Waals surface area contributed by atoms with E-state index in [1.54, 1.807) is 0 Å². The van der Waals surface area contributed by atoms with Crippen molar-refractivity contribution in [2.24, 2.45) is 0 Å². The maximum absolute atomic E-state index is 13.1. The second-order valence-corrected chi connectivity index (χ2v) is 7.24.